The molecule has 0 bridgehead atoms. The van der Waals surface area contributed by atoms with Crippen LogP contribution in [0.4, 0.5) is 23.4 Å². The van der Waals surface area contributed by atoms with Crippen molar-refractivity contribution in [3.63, 3.8) is 0 Å². The standard InChI is InChI=1S/C24H22ClFN6O2.C2HF3O2/c1-14-8-15(10-16(26)9-14)11-28-22-24(34)32-18(21(25)30-22)5-6-19(32)23(33)29-13-17-12-27-20-4-2-3-7-31(17)20;3-2(4,5)1(6)7/h2-4,7-10,12,19H,5-6,11,13H2,1H3,(H,28,30)(H,29,33);(H,6,7)/t19-;/m0./s1. The van der Waals surface area contributed by atoms with Crippen molar-refractivity contribution in [2.45, 2.75) is 45.1 Å². The molecule has 0 aliphatic carbocycles. The van der Waals surface area contributed by atoms with Crippen molar-refractivity contribution in [1.29, 1.82) is 0 Å². The lowest BCUT2D eigenvalue weighted by Gasteiger charge is -2.16. The fraction of sp³-hybridized carbons (Fsp3) is 0.269. The number of aryl methyl sites for hydroxylation is 1. The van der Waals surface area contributed by atoms with Gasteiger partial charge in [-0.25, -0.2) is 19.2 Å². The molecule has 1 aliphatic rings. The van der Waals surface area contributed by atoms with E-state index in [1.54, 1.807) is 13.1 Å². The quantitative estimate of drug-likeness (QED) is 0.287. The number of alkyl halides is 3. The highest BCUT2D eigenvalue weighted by Crippen LogP contribution is 2.29. The molecule has 4 aromatic rings. The number of aliphatic carboxylic acids is 1. The van der Waals surface area contributed by atoms with Crippen LogP contribution in [0.15, 0.2) is 53.6 Å². The van der Waals surface area contributed by atoms with E-state index >= 15 is 0 Å². The molecule has 0 fully saturated rings. The highest BCUT2D eigenvalue weighted by Gasteiger charge is 2.38. The summed E-state index contributed by atoms with van der Waals surface area (Å²) < 4.78 is 48.7. The largest absolute Gasteiger partial charge is 0.490 e. The summed E-state index contributed by atoms with van der Waals surface area (Å²) in [5.41, 5.74) is 3.17. The van der Waals surface area contributed by atoms with Gasteiger partial charge in [-0.2, -0.15) is 13.2 Å². The summed E-state index contributed by atoms with van der Waals surface area (Å²) in [5, 5.41) is 13.2. The Balaban J connectivity index is 0.000000493. The van der Waals surface area contributed by atoms with Gasteiger partial charge in [0.05, 0.1) is 24.1 Å². The molecule has 15 heteroatoms. The molecule has 3 N–H and O–H groups in total. The van der Waals surface area contributed by atoms with Gasteiger partial charge in [0, 0.05) is 12.7 Å². The summed E-state index contributed by atoms with van der Waals surface area (Å²) in [7, 11) is 0. The molecule has 3 aromatic heterocycles. The molecule has 41 heavy (non-hydrogen) atoms. The third-order valence-corrected chi connectivity index (χ3v) is 6.47. The molecule has 0 unspecified atom stereocenters. The number of hydrogen-bond donors (Lipinski definition) is 3. The Morgan fingerprint density at radius 2 is 1.93 bits per heavy atom. The number of carboxylic acid groups (broad SMARTS) is 1. The minimum Gasteiger partial charge on any atom is -0.475 e. The Kier molecular flexibility index (Phi) is 8.61. The van der Waals surface area contributed by atoms with Crippen LogP contribution in [-0.2, 0) is 29.1 Å². The van der Waals surface area contributed by atoms with Crippen molar-refractivity contribution in [2.24, 2.45) is 0 Å². The van der Waals surface area contributed by atoms with Gasteiger partial charge in [0.25, 0.3) is 5.56 Å². The number of nitrogens with zero attached hydrogens (tertiary/aromatic N) is 4. The number of rotatable bonds is 6. The maximum atomic E-state index is 13.7. The van der Waals surface area contributed by atoms with Crippen LogP contribution < -0.4 is 16.2 Å². The van der Waals surface area contributed by atoms with Crippen LogP contribution in [0.2, 0.25) is 5.15 Å². The fourth-order valence-electron chi connectivity index (χ4n) is 4.38. The van der Waals surface area contributed by atoms with E-state index < -0.39 is 23.7 Å². The van der Waals surface area contributed by atoms with Crippen LogP contribution in [0, 0.1) is 12.7 Å². The molecule has 0 saturated heterocycles. The average molecular weight is 595 g/mol. The van der Waals surface area contributed by atoms with E-state index in [1.807, 2.05) is 34.9 Å². The van der Waals surface area contributed by atoms with Crippen LogP contribution in [-0.4, -0.2) is 42.1 Å². The number of pyridine rings is 1. The molecule has 0 spiro atoms. The second-order valence-electron chi connectivity index (χ2n) is 9.12. The number of amides is 1. The second-order valence-corrected chi connectivity index (χ2v) is 9.48. The molecule has 216 valence electrons. The third kappa shape index (κ3) is 6.82. The Hall–Kier alpha value is -4.46. The molecule has 1 amide bonds. The zero-order valence-electron chi connectivity index (χ0n) is 21.4. The first-order chi connectivity index (χ1) is 19.3. The highest BCUT2D eigenvalue weighted by molar-refractivity contribution is 6.30. The summed E-state index contributed by atoms with van der Waals surface area (Å²) in [4.78, 5) is 43.7. The number of nitrogens with one attached hydrogen (secondary N) is 2. The normalized spacial score (nSPS) is 14.2. The minimum atomic E-state index is -5.08. The number of hydrogen-bond acceptors (Lipinski definition) is 6. The predicted molar refractivity (Wildman–Crippen MR) is 140 cm³/mol. The van der Waals surface area contributed by atoms with Crippen LogP contribution in [0.3, 0.4) is 0 Å². The van der Waals surface area contributed by atoms with Gasteiger partial charge in [0.2, 0.25) is 5.91 Å². The number of carboxylic acids is 1. The first-order valence-electron chi connectivity index (χ1n) is 12.1. The van der Waals surface area contributed by atoms with Crippen molar-refractivity contribution in [3.8, 4) is 0 Å². The number of imidazole rings is 1. The van der Waals surface area contributed by atoms with Crippen molar-refractivity contribution in [2.75, 3.05) is 5.32 Å². The third-order valence-electron chi connectivity index (χ3n) is 6.17. The van der Waals surface area contributed by atoms with Gasteiger partial charge in [0.15, 0.2) is 11.0 Å². The summed E-state index contributed by atoms with van der Waals surface area (Å²) in [6, 6.07) is 9.61. The Morgan fingerprint density at radius 1 is 1.20 bits per heavy atom. The molecule has 5 rings (SSSR count). The summed E-state index contributed by atoms with van der Waals surface area (Å²) >= 11 is 6.36. The van der Waals surface area contributed by atoms with Crippen molar-refractivity contribution in [1.82, 2.24) is 24.3 Å². The van der Waals surface area contributed by atoms with E-state index in [9.17, 15) is 27.2 Å². The molecular formula is C26H23ClF4N6O4. The number of aromatic nitrogens is 4. The average Bonchev–Trinajstić information content (AvgIpc) is 3.53. The van der Waals surface area contributed by atoms with Gasteiger partial charge in [-0.05, 0) is 55.2 Å². The molecular weight excluding hydrogens is 572 g/mol. The SMILES string of the molecule is Cc1cc(F)cc(CNc2nc(Cl)c3n(c2=O)[C@H](C(=O)NCc2cnc4ccccn24)CC3)c1.O=C(O)C(F)(F)F. The Labute approximate surface area is 234 Å². The number of anilines is 1. The maximum absolute atomic E-state index is 13.7. The van der Waals surface area contributed by atoms with Gasteiger partial charge < -0.3 is 20.1 Å². The monoisotopic (exact) mass is 594 g/mol. The Bertz CT molecular complexity index is 1650. The minimum absolute atomic E-state index is 0.0251. The first-order valence-corrected chi connectivity index (χ1v) is 12.5. The topological polar surface area (TPSA) is 131 Å². The van der Waals surface area contributed by atoms with E-state index in [0.717, 1.165) is 16.9 Å². The summed E-state index contributed by atoms with van der Waals surface area (Å²) in [6.45, 7) is 2.26. The zero-order valence-corrected chi connectivity index (χ0v) is 22.1. The van der Waals surface area contributed by atoms with Crippen molar-refractivity contribution in [3.05, 3.63) is 92.6 Å². The van der Waals surface area contributed by atoms with Crippen LogP contribution in [0.25, 0.3) is 5.65 Å². The number of carbonyl (C=O) groups excluding carboxylic acids is 1. The maximum Gasteiger partial charge on any atom is 0.490 e. The molecule has 1 aliphatic heterocycles. The predicted octanol–water partition coefficient (Wildman–Crippen LogP) is 4.04. The number of fused-ring (bicyclic) bond motifs is 2. The van der Waals surface area contributed by atoms with Gasteiger partial charge >= 0.3 is 12.1 Å². The van der Waals surface area contributed by atoms with E-state index in [1.165, 1.54) is 16.7 Å². The van der Waals surface area contributed by atoms with Gasteiger partial charge in [-0.15, -0.1) is 0 Å². The smallest absolute Gasteiger partial charge is 0.475 e. The summed E-state index contributed by atoms with van der Waals surface area (Å²) in [6.07, 6.45) is -0.579. The second kappa shape index (κ2) is 12.0. The molecule has 0 saturated carbocycles. The van der Waals surface area contributed by atoms with Crippen LogP contribution in [0.5, 0.6) is 0 Å². The fourth-order valence-corrected chi connectivity index (χ4v) is 4.65. The van der Waals surface area contributed by atoms with E-state index in [-0.39, 0.29) is 35.8 Å². The lowest BCUT2D eigenvalue weighted by atomic mass is 10.1. The number of halogens is 5. The number of carbonyl (C=O) groups is 2. The zero-order chi connectivity index (χ0) is 29.9. The van der Waals surface area contributed by atoms with Crippen molar-refractivity contribution >= 4 is 34.9 Å². The van der Waals surface area contributed by atoms with E-state index in [4.69, 9.17) is 21.5 Å². The lowest BCUT2D eigenvalue weighted by molar-refractivity contribution is -0.192. The van der Waals surface area contributed by atoms with E-state index in [2.05, 4.69) is 20.6 Å². The lowest BCUT2D eigenvalue weighted by Crippen LogP contribution is -2.36. The molecule has 1 atom stereocenters. The van der Waals surface area contributed by atoms with Crippen LogP contribution >= 0.6 is 11.6 Å². The van der Waals surface area contributed by atoms with Gasteiger partial charge in [0.1, 0.15) is 17.5 Å². The molecule has 10 nitrogen and oxygen atoms in total. The first kappa shape index (κ1) is 29.5. The molecule has 4 heterocycles. The van der Waals surface area contributed by atoms with Crippen molar-refractivity contribution < 1.29 is 32.3 Å². The Morgan fingerprint density at radius 3 is 2.61 bits per heavy atom. The van der Waals surface area contributed by atoms with E-state index in [0.29, 0.717) is 24.1 Å². The van der Waals surface area contributed by atoms with Crippen LogP contribution in [0.1, 0.15) is 35.0 Å². The highest BCUT2D eigenvalue weighted by atomic mass is 35.5. The van der Waals surface area contributed by atoms with Gasteiger partial charge in [-0.1, -0.05) is 23.7 Å². The molecule has 0 radical (unpaired) electrons. The van der Waals surface area contributed by atoms with Gasteiger partial charge in [-0.3, -0.25) is 14.2 Å². The summed E-state index contributed by atoms with van der Waals surface area (Å²) in [5.74, 6) is -3.36. The molecule has 1 aromatic carbocycles. The number of benzene rings is 1.